The van der Waals surface area contributed by atoms with Gasteiger partial charge in [0.05, 0.1) is 25.0 Å². The maximum absolute atomic E-state index is 14.4. The van der Waals surface area contributed by atoms with Crippen LogP contribution in [0, 0.1) is 5.82 Å². The van der Waals surface area contributed by atoms with Crippen LogP contribution >= 0.6 is 11.6 Å². The molecule has 2 amide bonds. The van der Waals surface area contributed by atoms with E-state index >= 15 is 0 Å². The number of fused-ring (bicyclic) bond motifs is 1. The quantitative estimate of drug-likeness (QED) is 0.598. The standard InChI is InChI=1S/C20H15ClFN3O4S/c1-29-19-11-13(9-10-23-19)25-20(26)24(12-14-15(21)5-4-6-16(14)22)17-7-2-3-8-18(17)30(25,27)28/h2-11H,12H2,1H3. The van der Waals surface area contributed by atoms with Gasteiger partial charge < -0.3 is 4.74 Å². The van der Waals surface area contributed by atoms with Gasteiger partial charge in [-0.3, -0.25) is 4.90 Å². The molecule has 10 heteroatoms. The predicted octanol–water partition coefficient (Wildman–Crippen LogP) is 4.22. The van der Waals surface area contributed by atoms with E-state index < -0.39 is 21.9 Å². The van der Waals surface area contributed by atoms with E-state index in [2.05, 4.69) is 4.98 Å². The number of carbonyl (C=O) groups is 1. The van der Waals surface area contributed by atoms with Crippen LogP contribution in [0.4, 0.5) is 20.6 Å². The number of amides is 2. The highest BCUT2D eigenvalue weighted by Crippen LogP contribution is 2.39. The summed E-state index contributed by atoms with van der Waals surface area (Å²) in [7, 11) is -2.85. The number of halogens is 2. The van der Waals surface area contributed by atoms with Crippen molar-refractivity contribution in [1.82, 2.24) is 4.98 Å². The SMILES string of the molecule is COc1cc(N2C(=O)N(Cc3c(F)cccc3Cl)c3ccccc3S2(=O)=O)ccn1. The van der Waals surface area contributed by atoms with Gasteiger partial charge in [0.15, 0.2) is 0 Å². The molecular weight excluding hydrogens is 433 g/mol. The molecule has 0 N–H and O–H groups in total. The summed E-state index contributed by atoms with van der Waals surface area (Å²) < 4.78 is 46.6. The lowest BCUT2D eigenvalue weighted by Crippen LogP contribution is -2.50. The third-order valence-electron chi connectivity index (χ3n) is 4.62. The van der Waals surface area contributed by atoms with Crippen LogP contribution in [0.3, 0.4) is 0 Å². The second kappa shape index (κ2) is 7.58. The van der Waals surface area contributed by atoms with Gasteiger partial charge >= 0.3 is 6.03 Å². The van der Waals surface area contributed by atoms with Gasteiger partial charge in [-0.05, 0) is 30.3 Å². The van der Waals surface area contributed by atoms with Gasteiger partial charge in [0.2, 0.25) is 5.88 Å². The Bertz CT molecular complexity index is 1230. The number of methoxy groups -OCH3 is 1. The number of pyridine rings is 1. The third-order valence-corrected chi connectivity index (χ3v) is 6.72. The van der Waals surface area contributed by atoms with E-state index in [0.717, 1.165) is 0 Å². The molecule has 0 aliphatic carbocycles. The van der Waals surface area contributed by atoms with Crippen LogP contribution in [0.15, 0.2) is 65.7 Å². The van der Waals surface area contributed by atoms with Crippen molar-refractivity contribution >= 4 is 39.0 Å². The van der Waals surface area contributed by atoms with Gasteiger partial charge in [-0.25, -0.2) is 22.6 Å². The summed E-state index contributed by atoms with van der Waals surface area (Å²) in [4.78, 5) is 18.4. The number of hydrogen-bond acceptors (Lipinski definition) is 5. The van der Waals surface area contributed by atoms with Crippen LogP contribution in [0.1, 0.15) is 5.56 Å². The van der Waals surface area contributed by atoms with Gasteiger partial charge in [-0.15, -0.1) is 0 Å². The molecule has 0 saturated carbocycles. The summed E-state index contributed by atoms with van der Waals surface area (Å²) in [6.45, 7) is -0.254. The van der Waals surface area contributed by atoms with E-state index in [-0.39, 0.29) is 39.3 Å². The first-order chi connectivity index (χ1) is 14.3. The summed E-state index contributed by atoms with van der Waals surface area (Å²) in [5.41, 5.74) is 0.263. The summed E-state index contributed by atoms with van der Waals surface area (Å²) >= 11 is 6.14. The molecule has 1 aliphatic heterocycles. The fourth-order valence-corrected chi connectivity index (χ4v) is 5.00. The minimum absolute atomic E-state index is 0.0472. The molecule has 0 bridgehead atoms. The first-order valence-corrected chi connectivity index (χ1v) is 10.5. The largest absolute Gasteiger partial charge is 0.481 e. The number of aromatic nitrogens is 1. The second-order valence-electron chi connectivity index (χ2n) is 6.36. The third kappa shape index (κ3) is 3.25. The number of rotatable bonds is 4. The number of nitrogens with zero attached hydrogens (tertiary/aromatic N) is 3. The zero-order valence-corrected chi connectivity index (χ0v) is 17.2. The van der Waals surface area contributed by atoms with E-state index in [0.29, 0.717) is 4.31 Å². The normalized spacial score (nSPS) is 15.1. The van der Waals surface area contributed by atoms with Crippen molar-refractivity contribution in [3.05, 3.63) is 77.2 Å². The van der Waals surface area contributed by atoms with Crippen LogP contribution in [0.25, 0.3) is 0 Å². The molecule has 0 unspecified atom stereocenters. The average Bonchev–Trinajstić information content (AvgIpc) is 2.73. The molecule has 0 radical (unpaired) electrons. The molecule has 1 aliphatic rings. The predicted molar refractivity (Wildman–Crippen MR) is 110 cm³/mol. The van der Waals surface area contributed by atoms with Crippen molar-refractivity contribution < 1.29 is 22.3 Å². The molecule has 0 saturated heterocycles. The Hall–Kier alpha value is -3.17. The number of benzene rings is 2. The molecule has 154 valence electrons. The minimum atomic E-state index is -4.22. The van der Waals surface area contributed by atoms with Crippen molar-refractivity contribution in [1.29, 1.82) is 0 Å². The molecule has 2 aromatic carbocycles. The minimum Gasteiger partial charge on any atom is -0.481 e. The number of para-hydroxylation sites is 1. The fraction of sp³-hybridized carbons (Fsp3) is 0.100. The molecule has 1 aromatic heterocycles. The molecule has 0 atom stereocenters. The summed E-state index contributed by atoms with van der Waals surface area (Å²) in [5, 5.41) is 0.130. The Labute approximate surface area is 177 Å². The van der Waals surface area contributed by atoms with Crippen molar-refractivity contribution in [3.8, 4) is 5.88 Å². The van der Waals surface area contributed by atoms with Crippen molar-refractivity contribution in [2.24, 2.45) is 0 Å². The van der Waals surface area contributed by atoms with Crippen LogP contribution in [-0.4, -0.2) is 26.5 Å². The summed E-state index contributed by atoms with van der Waals surface area (Å²) in [6.07, 6.45) is 1.33. The number of urea groups is 1. The lowest BCUT2D eigenvalue weighted by molar-refractivity contribution is 0.253. The zero-order chi connectivity index (χ0) is 21.5. The second-order valence-corrected chi connectivity index (χ2v) is 8.52. The van der Waals surface area contributed by atoms with Gasteiger partial charge in [0, 0.05) is 22.8 Å². The number of carbonyl (C=O) groups excluding carboxylic acids is 1. The average molecular weight is 448 g/mol. The van der Waals surface area contributed by atoms with Crippen molar-refractivity contribution in [3.63, 3.8) is 0 Å². The number of hydrogen-bond donors (Lipinski definition) is 0. The molecule has 3 aromatic rings. The van der Waals surface area contributed by atoms with Gasteiger partial charge in [0.1, 0.15) is 10.7 Å². The molecule has 2 heterocycles. The topological polar surface area (TPSA) is 79.8 Å². The van der Waals surface area contributed by atoms with Crippen LogP contribution in [0.2, 0.25) is 5.02 Å². The Kier molecular flexibility index (Phi) is 5.08. The van der Waals surface area contributed by atoms with Crippen LogP contribution < -0.4 is 13.9 Å². The van der Waals surface area contributed by atoms with Gasteiger partial charge in [-0.1, -0.05) is 29.8 Å². The zero-order valence-electron chi connectivity index (χ0n) is 15.6. The molecule has 4 rings (SSSR count). The monoisotopic (exact) mass is 447 g/mol. The molecule has 0 spiro atoms. The molecule has 7 nitrogen and oxygen atoms in total. The Morgan fingerprint density at radius 1 is 1.13 bits per heavy atom. The maximum atomic E-state index is 14.4. The highest BCUT2D eigenvalue weighted by atomic mass is 35.5. The summed E-state index contributed by atoms with van der Waals surface area (Å²) in [6, 6.07) is 12.0. The summed E-state index contributed by atoms with van der Waals surface area (Å²) in [5.74, 6) is -0.462. The van der Waals surface area contributed by atoms with Crippen LogP contribution in [-0.2, 0) is 16.6 Å². The van der Waals surface area contributed by atoms with E-state index in [1.165, 1.54) is 60.7 Å². The molecular formula is C20H15ClFN3O4S. The highest BCUT2D eigenvalue weighted by Gasteiger charge is 2.43. The highest BCUT2D eigenvalue weighted by molar-refractivity contribution is 7.94. The van der Waals surface area contributed by atoms with E-state index in [4.69, 9.17) is 16.3 Å². The molecule has 30 heavy (non-hydrogen) atoms. The van der Waals surface area contributed by atoms with E-state index in [1.807, 2.05) is 0 Å². The number of ether oxygens (including phenoxy) is 1. The van der Waals surface area contributed by atoms with E-state index in [1.54, 1.807) is 12.1 Å². The Morgan fingerprint density at radius 2 is 1.90 bits per heavy atom. The maximum Gasteiger partial charge on any atom is 0.343 e. The lowest BCUT2D eigenvalue weighted by Gasteiger charge is -2.36. The fourth-order valence-electron chi connectivity index (χ4n) is 3.19. The number of anilines is 2. The van der Waals surface area contributed by atoms with Gasteiger partial charge in [0.25, 0.3) is 10.0 Å². The molecule has 0 fully saturated rings. The smallest absolute Gasteiger partial charge is 0.343 e. The first kappa shape index (κ1) is 20.1. The Morgan fingerprint density at radius 3 is 2.63 bits per heavy atom. The van der Waals surface area contributed by atoms with Crippen molar-refractivity contribution in [2.75, 3.05) is 16.3 Å². The number of sulfonamides is 1. The van der Waals surface area contributed by atoms with E-state index in [9.17, 15) is 17.6 Å². The lowest BCUT2D eigenvalue weighted by atomic mass is 10.2. The van der Waals surface area contributed by atoms with Crippen molar-refractivity contribution in [2.45, 2.75) is 11.4 Å². The van der Waals surface area contributed by atoms with Gasteiger partial charge in [-0.2, -0.15) is 4.31 Å². The van der Waals surface area contributed by atoms with Crippen LogP contribution in [0.5, 0.6) is 5.88 Å². The Balaban J connectivity index is 1.90. The first-order valence-electron chi connectivity index (χ1n) is 8.73.